The number of fused-ring (bicyclic) bond motifs is 2. The van der Waals surface area contributed by atoms with Gasteiger partial charge in [0.15, 0.2) is 0 Å². The highest BCUT2D eigenvalue weighted by Gasteiger charge is 2.41. The van der Waals surface area contributed by atoms with Crippen molar-refractivity contribution in [3.63, 3.8) is 0 Å². The van der Waals surface area contributed by atoms with Crippen molar-refractivity contribution in [2.24, 2.45) is 0 Å². The second kappa shape index (κ2) is 3.97. The molecule has 0 aromatic heterocycles. The fraction of sp³-hybridized carbons (Fsp3) is 1.00. The van der Waals surface area contributed by atoms with E-state index < -0.39 is 0 Å². The Labute approximate surface area is 81.3 Å². The molecular weight excluding hydrogens is 162 g/mol. The van der Waals surface area contributed by atoms with Gasteiger partial charge in [-0.05, 0) is 19.3 Å². The van der Waals surface area contributed by atoms with Gasteiger partial charge in [0.2, 0.25) is 0 Å². The van der Waals surface area contributed by atoms with Crippen molar-refractivity contribution in [1.29, 1.82) is 0 Å². The molecular formula is C11H21NO. The number of likely N-dealkylation sites (tertiary alicyclic amines) is 1. The van der Waals surface area contributed by atoms with Crippen LogP contribution in [0.4, 0.5) is 0 Å². The van der Waals surface area contributed by atoms with Crippen LogP contribution in [-0.2, 0) is 4.74 Å². The van der Waals surface area contributed by atoms with Crippen LogP contribution in [0.3, 0.4) is 0 Å². The minimum atomic E-state index is 0.566. The molecule has 0 aromatic carbocycles. The Morgan fingerprint density at radius 2 is 2.31 bits per heavy atom. The maximum atomic E-state index is 5.61. The highest BCUT2D eigenvalue weighted by atomic mass is 16.5. The van der Waals surface area contributed by atoms with Crippen LogP contribution < -0.4 is 0 Å². The molecule has 0 spiro atoms. The molecule has 3 atom stereocenters. The Bertz CT molecular complexity index is 171. The van der Waals surface area contributed by atoms with Gasteiger partial charge in [-0.1, -0.05) is 20.3 Å². The van der Waals surface area contributed by atoms with Crippen LogP contribution in [0.1, 0.15) is 39.5 Å². The molecule has 2 fully saturated rings. The second-order valence-corrected chi connectivity index (χ2v) is 4.39. The average Bonchev–Trinajstić information content (AvgIpc) is 2.74. The Balaban J connectivity index is 1.92. The second-order valence-electron chi connectivity index (χ2n) is 4.39. The van der Waals surface area contributed by atoms with Crippen molar-refractivity contribution in [2.75, 3.05) is 13.2 Å². The molecule has 0 aromatic rings. The first kappa shape index (κ1) is 9.47. The normalized spacial score (nSPS) is 35.5. The summed E-state index contributed by atoms with van der Waals surface area (Å²) in [6.45, 7) is 6.79. The third-order valence-electron chi connectivity index (χ3n) is 3.50. The largest absolute Gasteiger partial charge is 0.375 e. The van der Waals surface area contributed by atoms with Gasteiger partial charge in [-0.3, -0.25) is 4.90 Å². The Hall–Kier alpha value is -0.0800. The lowest BCUT2D eigenvalue weighted by Crippen LogP contribution is -2.43. The van der Waals surface area contributed by atoms with Crippen molar-refractivity contribution in [3.05, 3.63) is 0 Å². The summed E-state index contributed by atoms with van der Waals surface area (Å²) in [6, 6.07) is 1.57. The van der Waals surface area contributed by atoms with Crippen molar-refractivity contribution in [1.82, 2.24) is 4.90 Å². The molecule has 2 aliphatic rings. The van der Waals surface area contributed by atoms with Gasteiger partial charge in [0, 0.05) is 18.6 Å². The highest BCUT2D eigenvalue weighted by molar-refractivity contribution is 4.94. The van der Waals surface area contributed by atoms with Crippen molar-refractivity contribution in [2.45, 2.75) is 57.7 Å². The van der Waals surface area contributed by atoms with E-state index in [1.54, 1.807) is 0 Å². The fourth-order valence-electron chi connectivity index (χ4n) is 2.81. The summed E-state index contributed by atoms with van der Waals surface area (Å²) in [6.07, 6.45) is 5.83. The maximum absolute atomic E-state index is 5.61. The van der Waals surface area contributed by atoms with E-state index in [-0.39, 0.29) is 0 Å². The Morgan fingerprint density at radius 1 is 1.46 bits per heavy atom. The van der Waals surface area contributed by atoms with Crippen LogP contribution >= 0.6 is 0 Å². The molecule has 0 amide bonds. The minimum absolute atomic E-state index is 0.566. The molecule has 2 rings (SSSR count). The lowest BCUT2D eigenvalue weighted by molar-refractivity contribution is 0.00874. The molecule has 0 radical (unpaired) electrons. The monoisotopic (exact) mass is 183 g/mol. The van der Waals surface area contributed by atoms with E-state index in [0.29, 0.717) is 6.10 Å². The van der Waals surface area contributed by atoms with Crippen LogP contribution in [-0.4, -0.2) is 36.2 Å². The van der Waals surface area contributed by atoms with E-state index in [1.165, 1.54) is 32.2 Å². The number of hydrogen-bond acceptors (Lipinski definition) is 2. The number of morpholine rings is 1. The van der Waals surface area contributed by atoms with E-state index in [1.807, 2.05) is 0 Å². The van der Waals surface area contributed by atoms with Crippen LogP contribution in [0.25, 0.3) is 0 Å². The van der Waals surface area contributed by atoms with Crippen molar-refractivity contribution < 1.29 is 4.74 Å². The van der Waals surface area contributed by atoms with Gasteiger partial charge >= 0.3 is 0 Å². The summed E-state index contributed by atoms with van der Waals surface area (Å²) >= 11 is 0. The topological polar surface area (TPSA) is 12.5 Å². The van der Waals surface area contributed by atoms with Gasteiger partial charge in [-0.15, -0.1) is 0 Å². The molecule has 2 saturated heterocycles. The molecule has 0 saturated carbocycles. The van der Waals surface area contributed by atoms with Gasteiger partial charge < -0.3 is 4.74 Å². The molecule has 2 bridgehead atoms. The van der Waals surface area contributed by atoms with E-state index in [4.69, 9.17) is 4.74 Å². The summed E-state index contributed by atoms with van der Waals surface area (Å²) < 4.78 is 5.61. The first-order valence-corrected chi connectivity index (χ1v) is 5.72. The highest BCUT2D eigenvalue weighted by Crippen LogP contribution is 2.31. The number of rotatable bonds is 4. The predicted molar refractivity (Wildman–Crippen MR) is 53.8 cm³/mol. The average molecular weight is 183 g/mol. The molecule has 2 aliphatic heterocycles. The van der Waals surface area contributed by atoms with Gasteiger partial charge in [-0.25, -0.2) is 0 Å². The Kier molecular flexibility index (Phi) is 2.89. The third kappa shape index (κ3) is 1.75. The van der Waals surface area contributed by atoms with Gasteiger partial charge in [0.05, 0.1) is 12.7 Å². The summed E-state index contributed by atoms with van der Waals surface area (Å²) in [5, 5.41) is 0. The zero-order chi connectivity index (χ0) is 9.26. The van der Waals surface area contributed by atoms with Crippen LogP contribution in [0.5, 0.6) is 0 Å². The van der Waals surface area contributed by atoms with Gasteiger partial charge in [0.25, 0.3) is 0 Å². The first-order valence-electron chi connectivity index (χ1n) is 5.72. The van der Waals surface area contributed by atoms with Crippen molar-refractivity contribution in [3.8, 4) is 0 Å². The van der Waals surface area contributed by atoms with E-state index in [2.05, 4.69) is 18.7 Å². The zero-order valence-corrected chi connectivity index (χ0v) is 8.83. The van der Waals surface area contributed by atoms with E-state index >= 15 is 0 Å². The van der Waals surface area contributed by atoms with Crippen molar-refractivity contribution >= 4 is 0 Å². The molecule has 1 unspecified atom stereocenters. The summed E-state index contributed by atoms with van der Waals surface area (Å²) in [5.41, 5.74) is 0. The lowest BCUT2D eigenvalue weighted by atomic mass is 10.1. The number of ether oxygens (including phenoxy) is 1. The molecule has 2 heterocycles. The first-order chi connectivity index (χ1) is 6.35. The van der Waals surface area contributed by atoms with Gasteiger partial charge in [-0.2, -0.15) is 0 Å². The molecule has 76 valence electrons. The summed E-state index contributed by atoms with van der Waals surface area (Å²) in [4.78, 5) is 2.69. The smallest absolute Gasteiger partial charge is 0.0718 e. The lowest BCUT2D eigenvalue weighted by Gasteiger charge is -2.34. The number of hydrogen-bond donors (Lipinski definition) is 0. The molecule has 0 aliphatic carbocycles. The van der Waals surface area contributed by atoms with Gasteiger partial charge in [0.1, 0.15) is 0 Å². The Morgan fingerprint density at radius 3 is 2.77 bits per heavy atom. The maximum Gasteiger partial charge on any atom is 0.0718 e. The summed E-state index contributed by atoms with van der Waals surface area (Å²) in [5.74, 6) is 0. The molecule has 0 N–H and O–H groups in total. The molecule has 2 nitrogen and oxygen atoms in total. The zero-order valence-electron chi connectivity index (χ0n) is 8.83. The van der Waals surface area contributed by atoms with E-state index in [0.717, 1.165) is 18.7 Å². The van der Waals surface area contributed by atoms with E-state index in [9.17, 15) is 0 Å². The molecule has 13 heavy (non-hydrogen) atoms. The standard InChI is InChI=1S/C11H21NO/c1-3-5-9(4-2)12-7-11-6-10(12)8-13-11/h9-11H,3-8H2,1-2H3/t9?,10-,11-/m1/s1. The fourth-order valence-corrected chi connectivity index (χ4v) is 2.81. The molecule has 2 heteroatoms. The summed E-state index contributed by atoms with van der Waals surface area (Å²) in [7, 11) is 0. The number of nitrogens with zero attached hydrogens (tertiary/aromatic N) is 1. The predicted octanol–water partition coefficient (Wildman–Crippen LogP) is 2.04. The third-order valence-corrected chi connectivity index (χ3v) is 3.50. The minimum Gasteiger partial charge on any atom is -0.375 e. The van der Waals surface area contributed by atoms with Crippen LogP contribution in [0.2, 0.25) is 0 Å². The quantitative estimate of drug-likeness (QED) is 0.661. The van der Waals surface area contributed by atoms with Crippen LogP contribution in [0, 0.1) is 0 Å². The van der Waals surface area contributed by atoms with Crippen LogP contribution in [0.15, 0.2) is 0 Å². The SMILES string of the molecule is CCCC(CC)N1C[C@H]2C[C@@H]1CO2.